The number of methoxy groups -OCH3 is 1. The summed E-state index contributed by atoms with van der Waals surface area (Å²) in [6.07, 6.45) is 3.22. The van der Waals surface area contributed by atoms with Crippen molar-refractivity contribution < 1.29 is 27.5 Å². The smallest absolute Gasteiger partial charge is 0.338 e. The lowest BCUT2D eigenvalue weighted by molar-refractivity contribution is -0.124. The second-order valence-corrected chi connectivity index (χ2v) is 9.84. The second-order valence-electron chi connectivity index (χ2n) is 8.01. The molecule has 1 N–H and O–H groups in total. The molecule has 0 saturated heterocycles. The van der Waals surface area contributed by atoms with Crippen LogP contribution in [-0.4, -0.2) is 46.6 Å². The Kier molecular flexibility index (Phi) is 7.97. The highest BCUT2D eigenvalue weighted by Crippen LogP contribution is 2.35. The molecule has 0 aromatic heterocycles. The number of nitrogens with zero attached hydrogens (tertiary/aromatic N) is 1. The van der Waals surface area contributed by atoms with Gasteiger partial charge in [0.2, 0.25) is 0 Å². The topological polar surface area (TPSA) is 102 Å². The minimum Gasteiger partial charge on any atom is -0.495 e. The SMILES string of the molecule is CCCC(C)NC(=O)COC(=O)c1ccc(OC)c(S(=O)(=O)N2CCCc3ccccc32)c1. The number of fused-ring (bicyclic) bond motifs is 1. The summed E-state index contributed by atoms with van der Waals surface area (Å²) in [7, 11) is -2.63. The Labute approximate surface area is 194 Å². The number of amides is 1. The van der Waals surface area contributed by atoms with Gasteiger partial charge in [-0.15, -0.1) is 0 Å². The van der Waals surface area contributed by atoms with Gasteiger partial charge in [0, 0.05) is 12.6 Å². The third-order valence-corrected chi connectivity index (χ3v) is 7.33. The Morgan fingerprint density at radius 2 is 1.94 bits per heavy atom. The third-order valence-electron chi connectivity index (χ3n) is 5.50. The molecule has 1 aliphatic rings. The highest BCUT2D eigenvalue weighted by Gasteiger charge is 2.32. The summed E-state index contributed by atoms with van der Waals surface area (Å²) in [5.74, 6) is -1.07. The molecule has 2 aromatic carbocycles. The standard InChI is InChI=1S/C24H30N2O6S/c1-4-8-17(2)25-23(27)16-32-24(28)19-12-13-21(31-3)22(15-19)33(29,30)26-14-7-10-18-9-5-6-11-20(18)26/h5-6,9,11-13,15,17H,4,7-8,10,14,16H2,1-3H3,(H,25,27). The second kappa shape index (κ2) is 10.7. The molecule has 9 heteroatoms. The number of rotatable bonds is 9. The molecule has 3 rings (SSSR count). The highest BCUT2D eigenvalue weighted by atomic mass is 32.2. The van der Waals surface area contributed by atoms with Gasteiger partial charge in [-0.1, -0.05) is 31.5 Å². The van der Waals surface area contributed by atoms with E-state index in [2.05, 4.69) is 5.32 Å². The Morgan fingerprint density at radius 1 is 1.18 bits per heavy atom. The molecule has 1 unspecified atom stereocenters. The van der Waals surface area contributed by atoms with Crippen molar-refractivity contribution in [2.75, 3.05) is 24.6 Å². The molecule has 0 radical (unpaired) electrons. The van der Waals surface area contributed by atoms with Gasteiger partial charge in [-0.3, -0.25) is 9.10 Å². The summed E-state index contributed by atoms with van der Waals surface area (Å²) in [5.41, 5.74) is 1.59. The van der Waals surface area contributed by atoms with E-state index in [1.165, 1.54) is 29.6 Å². The number of carbonyl (C=O) groups excluding carboxylic acids is 2. The lowest BCUT2D eigenvalue weighted by atomic mass is 10.0. The summed E-state index contributed by atoms with van der Waals surface area (Å²) in [4.78, 5) is 24.4. The van der Waals surface area contributed by atoms with E-state index in [4.69, 9.17) is 9.47 Å². The molecular weight excluding hydrogens is 444 g/mol. The predicted octanol–water partition coefficient (Wildman–Crippen LogP) is 3.30. The first-order valence-electron chi connectivity index (χ1n) is 11.0. The van der Waals surface area contributed by atoms with E-state index in [0.29, 0.717) is 18.7 Å². The van der Waals surface area contributed by atoms with Gasteiger partial charge in [0.15, 0.2) is 6.61 Å². The summed E-state index contributed by atoms with van der Waals surface area (Å²) in [6.45, 7) is 3.77. The van der Waals surface area contributed by atoms with Crippen molar-refractivity contribution in [3.63, 3.8) is 0 Å². The Morgan fingerprint density at radius 3 is 2.67 bits per heavy atom. The van der Waals surface area contributed by atoms with E-state index >= 15 is 0 Å². The van der Waals surface area contributed by atoms with E-state index in [1.807, 2.05) is 26.0 Å². The number of esters is 1. The molecule has 0 aliphatic carbocycles. The van der Waals surface area contributed by atoms with Gasteiger partial charge in [-0.2, -0.15) is 0 Å². The largest absolute Gasteiger partial charge is 0.495 e. The molecule has 0 bridgehead atoms. The van der Waals surface area contributed by atoms with Crippen LogP contribution in [0.5, 0.6) is 5.75 Å². The van der Waals surface area contributed by atoms with E-state index in [9.17, 15) is 18.0 Å². The van der Waals surface area contributed by atoms with Crippen molar-refractivity contribution in [2.24, 2.45) is 0 Å². The van der Waals surface area contributed by atoms with Crippen LogP contribution in [-0.2, 0) is 26.0 Å². The monoisotopic (exact) mass is 474 g/mol. The zero-order chi connectivity index (χ0) is 24.0. The van der Waals surface area contributed by atoms with E-state index < -0.39 is 28.5 Å². The van der Waals surface area contributed by atoms with E-state index in [0.717, 1.165) is 24.8 Å². The molecule has 178 valence electrons. The summed E-state index contributed by atoms with van der Waals surface area (Å²) >= 11 is 0. The van der Waals surface area contributed by atoms with Gasteiger partial charge < -0.3 is 14.8 Å². The zero-order valence-corrected chi connectivity index (χ0v) is 20.0. The normalized spacial score (nSPS) is 14.2. The maximum atomic E-state index is 13.6. The van der Waals surface area contributed by atoms with Crippen LogP contribution in [0, 0.1) is 0 Å². The number of anilines is 1. The molecule has 33 heavy (non-hydrogen) atoms. The van der Waals surface area contributed by atoms with Crippen LogP contribution in [0.3, 0.4) is 0 Å². The lowest BCUT2D eigenvalue weighted by Gasteiger charge is -2.30. The molecule has 0 saturated carbocycles. The molecule has 0 spiro atoms. The summed E-state index contributed by atoms with van der Waals surface area (Å²) in [6, 6.07) is 11.4. The van der Waals surface area contributed by atoms with Gasteiger partial charge in [0.05, 0.1) is 18.4 Å². The van der Waals surface area contributed by atoms with Crippen molar-refractivity contribution in [1.29, 1.82) is 0 Å². The van der Waals surface area contributed by atoms with Crippen LogP contribution in [0.25, 0.3) is 0 Å². The molecule has 1 aliphatic heterocycles. The Bertz CT molecular complexity index is 1120. The Balaban J connectivity index is 1.83. The van der Waals surface area contributed by atoms with Crippen LogP contribution in [0.4, 0.5) is 5.69 Å². The number of carbonyl (C=O) groups is 2. The lowest BCUT2D eigenvalue weighted by Crippen LogP contribution is -2.36. The molecule has 0 fully saturated rings. The molecule has 1 heterocycles. The summed E-state index contributed by atoms with van der Waals surface area (Å²) in [5, 5.41) is 2.76. The predicted molar refractivity (Wildman–Crippen MR) is 125 cm³/mol. The fourth-order valence-electron chi connectivity index (χ4n) is 3.91. The number of aryl methyl sites for hydroxylation is 1. The zero-order valence-electron chi connectivity index (χ0n) is 19.2. The minimum atomic E-state index is -4.01. The first kappa shape index (κ1) is 24.6. The van der Waals surface area contributed by atoms with Crippen LogP contribution >= 0.6 is 0 Å². The van der Waals surface area contributed by atoms with Gasteiger partial charge in [-0.05, 0) is 56.0 Å². The average Bonchev–Trinajstić information content (AvgIpc) is 2.81. The van der Waals surface area contributed by atoms with Crippen molar-refractivity contribution in [2.45, 2.75) is 50.5 Å². The van der Waals surface area contributed by atoms with Crippen LogP contribution in [0.1, 0.15) is 49.0 Å². The fraction of sp³-hybridized carbons (Fsp3) is 0.417. The van der Waals surface area contributed by atoms with Crippen molar-refractivity contribution in [1.82, 2.24) is 5.32 Å². The number of benzene rings is 2. The van der Waals surface area contributed by atoms with E-state index in [-0.39, 0.29) is 22.3 Å². The average molecular weight is 475 g/mol. The number of hydrogen-bond acceptors (Lipinski definition) is 6. The third kappa shape index (κ3) is 5.65. The van der Waals surface area contributed by atoms with Crippen molar-refractivity contribution in [3.05, 3.63) is 53.6 Å². The maximum absolute atomic E-state index is 13.6. The van der Waals surface area contributed by atoms with E-state index in [1.54, 1.807) is 12.1 Å². The molecular formula is C24H30N2O6S. The van der Waals surface area contributed by atoms with Gasteiger partial charge in [0.1, 0.15) is 10.6 Å². The first-order chi connectivity index (χ1) is 15.8. The number of sulfonamides is 1. The molecule has 8 nitrogen and oxygen atoms in total. The highest BCUT2D eigenvalue weighted by molar-refractivity contribution is 7.93. The molecule has 1 atom stereocenters. The summed E-state index contributed by atoms with van der Waals surface area (Å²) < 4.78 is 38.9. The fourth-order valence-corrected chi connectivity index (χ4v) is 5.63. The number of nitrogens with one attached hydrogen (secondary N) is 1. The number of hydrogen-bond donors (Lipinski definition) is 1. The Hall–Kier alpha value is -3.07. The number of ether oxygens (including phenoxy) is 2. The van der Waals surface area contributed by atoms with Crippen LogP contribution in [0.15, 0.2) is 47.4 Å². The van der Waals surface area contributed by atoms with Gasteiger partial charge in [-0.25, -0.2) is 13.2 Å². The van der Waals surface area contributed by atoms with Crippen LogP contribution < -0.4 is 14.4 Å². The van der Waals surface area contributed by atoms with Crippen molar-refractivity contribution in [3.8, 4) is 5.75 Å². The van der Waals surface area contributed by atoms with Gasteiger partial charge >= 0.3 is 5.97 Å². The maximum Gasteiger partial charge on any atom is 0.338 e. The quantitative estimate of drug-likeness (QED) is 0.560. The minimum absolute atomic E-state index is 0.0219. The molecule has 1 amide bonds. The van der Waals surface area contributed by atoms with Gasteiger partial charge in [0.25, 0.3) is 15.9 Å². The molecule has 2 aromatic rings. The van der Waals surface area contributed by atoms with Crippen LogP contribution in [0.2, 0.25) is 0 Å². The number of para-hydroxylation sites is 1. The van der Waals surface area contributed by atoms with Crippen molar-refractivity contribution >= 4 is 27.6 Å². The first-order valence-corrected chi connectivity index (χ1v) is 12.5.